The lowest BCUT2D eigenvalue weighted by atomic mass is 10.1. The normalized spacial score (nSPS) is 17.8. The molecule has 0 bridgehead atoms. The molecule has 1 fully saturated rings. The van der Waals surface area contributed by atoms with Gasteiger partial charge in [-0.15, -0.1) is 0 Å². The number of hydrogen-bond donors (Lipinski definition) is 2. The third-order valence-electron chi connectivity index (χ3n) is 4.27. The van der Waals surface area contributed by atoms with Crippen molar-refractivity contribution < 1.29 is 17.6 Å². The number of benzene rings is 2. The molecule has 8 heteroatoms. The summed E-state index contributed by atoms with van der Waals surface area (Å²) in [7, 11) is -3.81. The van der Waals surface area contributed by atoms with Crippen molar-refractivity contribution in [3.05, 3.63) is 59.9 Å². The predicted octanol–water partition coefficient (Wildman–Crippen LogP) is 2.06. The third kappa shape index (κ3) is 4.03. The molecule has 1 amide bonds. The zero-order valence-corrected chi connectivity index (χ0v) is 15.1. The number of anilines is 1. The Kier molecular flexibility index (Phi) is 5.24. The van der Waals surface area contributed by atoms with Gasteiger partial charge in [-0.2, -0.15) is 0 Å². The summed E-state index contributed by atoms with van der Waals surface area (Å²) >= 11 is 0. The molecule has 138 valence electrons. The van der Waals surface area contributed by atoms with Crippen LogP contribution in [0.4, 0.5) is 10.1 Å². The highest BCUT2D eigenvalue weighted by Crippen LogP contribution is 2.18. The summed E-state index contributed by atoms with van der Waals surface area (Å²) < 4.78 is 40.1. The van der Waals surface area contributed by atoms with Gasteiger partial charge in [-0.05, 0) is 55.5 Å². The Bertz CT molecular complexity index is 883. The number of halogens is 1. The van der Waals surface area contributed by atoms with Crippen LogP contribution in [0.5, 0.6) is 0 Å². The second kappa shape index (κ2) is 7.43. The lowest BCUT2D eigenvalue weighted by Gasteiger charge is -2.34. The van der Waals surface area contributed by atoms with Crippen LogP contribution in [0.2, 0.25) is 0 Å². The molecule has 3 rings (SSSR count). The van der Waals surface area contributed by atoms with Crippen LogP contribution in [-0.2, 0) is 10.0 Å². The van der Waals surface area contributed by atoms with E-state index < -0.39 is 15.8 Å². The van der Waals surface area contributed by atoms with Crippen molar-refractivity contribution >= 4 is 21.6 Å². The van der Waals surface area contributed by atoms with Crippen LogP contribution in [0.15, 0.2) is 53.4 Å². The highest BCUT2D eigenvalue weighted by molar-refractivity contribution is 7.92. The molecule has 1 aliphatic heterocycles. The molecule has 0 spiro atoms. The molecule has 26 heavy (non-hydrogen) atoms. The largest absolute Gasteiger partial charge is 0.333 e. The summed E-state index contributed by atoms with van der Waals surface area (Å²) in [6.07, 6.45) is 0. The highest BCUT2D eigenvalue weighted by atomic mass is 32.2. The number of hydrogen-bond acceptors (Lipinski definition) is 4. The summed E-state index contributed by atoms with van der Waals surface area (Å²) in [5.74, 6) is -0.563. The fourth-order valence-electron chi connectivity index (χ4n) is 2.82. The van der Waals surface area contributed by atoms with E-state index in [-0.39, 0.29) is 22.5 Å². The molecular weight excluding hydrogens is 357 g/mol. The lowest BCUT2D eigenvalue weighted by Crippen LogP contribution is -2.52. The third-order valence-corrected chi connectivity index (χ3v) is 5.67. The maximum atomic E-state index is 12.9. The van der Waals surface area contributed by atoms with Gasteiger partial charge in [-0.1, -0.05) is 0 Å². The second-order valence-electron chi connectivity index (χ2n) is 6.19. The molecule has 1 heterocycles. The Morgan fingerprint density at radius 2 is 1.81 bits per heavy atom. The second-order valence-corrected chi connectivity index (χ2v) is 7.87. The summed E-state index contributed by atoms with van der Waals surface area (Å²) in [6, 6.07) is 10.9. The minimum atomic E-state index is -3.81. The van der Waals surface area contributed by atoms with E-state index in [2.05, 4.69) is 10.0 Å². The van der Waals surface area contributed by atoms with E-state index in [1.165, 1.54) is 48.5 Å². The van der Waals surface area contributed by atoms with E-state index in [9.17, 15) is 17.6 Å². The number of amides is 1. The van der Waals surface area contributed by atoms with E-state index >= 15 is 0 Å². The fraction of sp³-hybridized carbons (Fsp3) is 0.278. The van der Waals surface area contributed by atoms with Gasteiger partial charge in [-0.25, -0.2) is 12.8 Å². The Labute approximate surface area is 152 Å². The van der Waals surface area contributed by atoms with E-state index in [4.69, 9.17) is 0 Å². The molecule has 0 aliphatic carbocycles. The van der Waals surface area contributed by atoms with Crippen LogP contribution in [-0.4, -0.2) is 44.9 Å². The SMILES string of the molecule is C[C@H]1CNCCN1C(=O)c1ccc(S(=O)(=O)Nc2ccc(F)cc2)cc1. The van der Waals surface area contributed by atoms with Gasteiger partial charge in [0.1, 0.15) is 5.82 Å². The number of nitrogens with zero attached hydrogens (tertiary/aromatic N) is 1. The number of sulfonamides is 1. The molecule has 0 aromatic heterocycles. The zero-order valence-electron chi connectivity index (χ0n) is 14.3. The van der Waals surface area contributed by atoms with Crippen LogP contribution in [0.25, 0.3) is 0 Å². The molecular formula is C18H20FN3O3S. The molecule has 2 aromatic rings. The Morgan fingerprint density at radius 3 is 2.42 bits per heavy atom. The lowest BCUT2D eigenvalue weighted by molar-refractivity contribution is 0.0655. The van der Waals surface area contributed by atoms with Crippen LogP contribution < -0.4 is 10.0 Å². The van der Waals surface area contributed by atoms with Crippen molar-refractivity contribution in [2.45, 2.75) is 17.9 Å². The Balaban J connectivity index is 1.75. The van der Waals surface area contributed by atoms with Crippen LogP contribution in [0.3, 0.4) is 0 Å². The summed E-state index contributed by atoms with van der Waals surface area (Å²) in [4.78, 5) is 14.4. The monoisotopic (exact) mass is 377 g/mol. The van der Waals surface area contributed by atoms with Gasteiger partial charge in [0, 0.05) is 36.9 Å². The van der Waals surface area contributed by atoms with Crippen LogP contribution in [0.1, 0.15) is 17.3 Å². The molecule has 2 N–H and O–H groups in total. The summed E-state index contributed by atoms with van der Waals surface area (Å²) in [5.41, 5.74) is 0.709. The van der Waals surface area contributed by atoms with Crippen molar-refractivity contribution in [1.82, 2.24) is 10.2 Å². The minimum Gasteiger partial charge on any atom is -0.333 e. The van der Waals surface area contributed by atoms with Crippen molar-refractivity contribution in [3.63, 3.8) is 0 Å². The molecule has 0 saturated carbocycles. The first kappa shape index (κ1) is 18.3. The number of carbonyl (C=O) groups is 1. The maximum Gasteiger partial charge on any atom is 0.261 e. The number of carbonyl (C=O) groups excluding carboxylic acids is 1. The Hall–Kier alpha value is -2.45. The number of nitrogens with one attached hydrogen (secondary N) is 2. The molecule has 0 unspecified atom stereocenters. The van der Waals surface area contributed by atoms with Gasteiger partial charge in [0.05, 0.1) is 4.90 Å². The van der Waals surface area contributed by atoms with Gasteiger partial charge in [0.15, 0.2) is 0 Å². The molecule has 2 aromatic carbocycles. The molecule has 1 aliphatic rings. The molecule has 6 nitrogen and oxygen atoms in total. The zero-order chi connectivity index (χ0) is 18.7. The molecule has 0 radical (unpaired) electrons. The van der Waals surface area contributed by atoms with Crippen LogP contribution in [0, 0.1) is 5.82 Å². The Morgan fingerprint density at radius 1 is 1.15 bits per heavy atom. The van der Waals surface area contributed by atoms with Crippen molar-refractivity contribution in [2.24, 2.45) is 0 Å². The first-order chi connectivity index (χ1) is 12.4. The number of rotatable bonds is 4. The maximum absolute atomic E-state index is 12.9. The minimum absolute atomic E-state index is 0.0340. The van der Waals surface area contributed by atoms with Gasteiger partial charge >= 0.3 is 0 Å². The van der Waals surface area contributed by atoms with Crippen molar-refractivity contribution in [3.8, 4) is 0 Å². The average molecular weight is 377 g/mol. The standard InChI is InChI=1S/C18H20FN3O3S/c1-13-12-20-10-11-22(13)18(23)14-2-8-17(9-3-14)26(24,25)21-16-6-4-15(19)5-7-16/h2-9,13,20-21H,10-12H2,1H3/t13-/m0/s1. The first-order valence-corrected chi connectivity index (χ1v) is 9.75. The fourth-order valence-corrected chi connectivity index (χ4v) is 3.88. The van der Waals surface area contributed by atoms with Crippen molar-refractivity contribution in [2.75, 3.05) is 24.4 Å². The van der Waals surface area contributed by atoms with Gasteiger partial charge < -0.3 is 10.2 Å². The van der Waals surface area contributed by atoms with Crippen molar-refractivity contribution in [1.29, 1.82) is 0 Å². The summed E-state index contributed by atoms with van der Waals surface area (Å²) in [6.45, 7) is 4.06. The van der Waals surface area contributed by atoms with Gasteiger partial charge in [0.25, 0.3) is 15.9 Å². The van der Waals surface area contributed by atoms with E-state index in [0.717, 1.165) is 13.1 Å². The highest BCUT2D eigenvalue weighted by Gasteiger charge is 2.24. The van der Waals surface area contributed by atoms with E-state index in [1.54, 1.807) is 4.90 Å². The van der Waals surface area contributed by atoms with Gasteiger partial charge in [-0.3, -0.25) is 9.52 Å². The predicted molar refractivity (Wildman–Crippen MR) is 97.0 cm³/mol. The van der Waals surface area contributed by atoms with E-state index in [1.807, 2.05) is 6.92 Å². The average Bonchev–Trinajstić information content (AvgIpc) is 2.63. The quantitative estimate of drug-likeness (QED) is 0.855. The first-order valence-electron chi connectivity index (χ1n) is 8.27. The smallest absolute Gasteiger partial charge is 0.261 e. The van der Waals surface area contributed by atoms with Crippen LogP contribution >= 0.6 is 0 Å². The molecule has 1 saturated heterocycles. The number of piperazine rings is 1. The van der Waals surface area contributed by atoms with Gasteiger partial charge in [0.2, 0.25) is 0 Å². The topological polar surface area (TPSA) is 78.5 Å². The summed E-state index contributed by atoms with van der Waals surface area (Å²) in [5, 5.41) is 3.22. The van der Waals surface area contributed by atoms with E-state index in [0.29, 0.717) is 12.1 Å². The molecule has 1 atom stereocenters.